The van der Waals surface area contributed by atoms with Crippen LogP contribution in [0.2, 0.25) is 0 Å². The number of rotatable bonds is 5. The molecule has 4 atom stereocenters. The summed E-state index contributed by atoms with van der Waals surface area (Å²) in [4.78, 5) is 4.96. The lowest BCUT2D eigenvalue weighted by Crippen LogP contribution is -2.40. The Morgan fingerprint density at radius 2 is 2.00 bits per heavy atom. The Bertz CT molecular complexity index is 861. The van der Waals surface area contributed by atoms with Gasteiger partial charge in [0.1, 0.15) is 0 Å². The van der Waals surface area contributed by atoms with Crippen LogP contribution < -0.4 is 0 Å². The van der Waals surface area contributed by atoms with Gasteiger partial charge in [0, 0.05) is 49.3 Å². The van der Waals surface area contributed by atoms with E-state index in [9.17, 15) is 0 Å². The molecule has 5 nitrogen and oxygen atoms in total. The number of hydrogen-bond donors (Lipinski definition) is 0. The molecule has 3 aliphatic heterocycles. The Morgan fingerprint density at radius 3 is 2.75 bits per heavy atom. The lowest BCUT2D eigenvalue weighted by Gasteiger charge is -2.31. The molecule has 150 valence electrons. The van der Waals surface area contributed by atoms with Crippen molar-refractivity contribution in [2.45, 2.75) is 44.9 Å². The van der Waals surface area contributed by atoms with Crippen molar-refractivity contribution in [1.82, 2.24) is 19.6 Å². The fourth-order valence-corrected chi connectivity index (χ4v) is 6.02. The quantitative estimate of drug-likeness (QED) is 0.798. The van der Waals surface area contributed by atoms with Crippen LogP contribution >= 0.6 is 0 Å². The molecule has 5 rings (SSSR count). The van der Waals surface area contributed by atoms with Crippen molar-refractivity contribution < 1.29 is 4.74 Å². The Balaban J connectivity index is 1.37. The van der Waals surface area contributed by atoms with Gasteiger partial charge in [0.25, 0.3) is 0 Å². The maximum Gasteiger partial charge on any atom is 0.0858 e. The van der Waals surface area contributed by atoms with Crippen molar-refractivity contribution in [2.75, 3.05) is 33.7 Å². The van der Waals surface area contributed by atoms with Crippen LogP contribution in [0.1, 0.15) is 29.8 Å². The summed E-state index contributed by atoms with van der Waals surface area (Å²) in [5, 5.41) is 4.85. The lowest BCUT2D eigenvalue weighted by molar-refractivity contribution is 0.00142. The summed E-state index contributed by atoms with van der Waals surface area (Å²) < 4.78 is 8.71. The molecular weight excluding hydrogens is 348 g/mol. The third kappa shape index (κ3) is 2.83. The largest absolute Gasteiger partial charge is 0.370 e. The van der Waals surface area contributed by atoms with Crippen molar-refractivity contribution in [3.05, 3.63) is 47.3 Å². The third-order valence-corrected chi connectivity index (χ3v) is 7.25. The molecule has 0 unspecified atom stereocenters. The summed E-state index contributed by atoms with van der Waals surface area (Å²) in [7, 11) is 4.38. The van der Waals surface area contributed by atoms with Gasteiger partial charge in [0.05, 0.1) is 23.1 Å². The minimum atomic E-state index is 0.114. The van der Waals surface area contributed by atoms with E-state index in [1.807, 2.05) is 0 Å². The monoisotopic (exact) mass is 380 g/mol. The van der Waals surface area contributed by atoms with Crippen LogP contribution in [0.15, 0.2) is 30.3 Å². The first-order valence-electron chi connectivity index (χ1n) is 10.6. The van der Waals surface area contributed by atoms with Gasteiger partial charge >= 0.3 is 0 Å². The number of nitrogens with zero attached hydrogens (tertiary/aromatic N) is 4. The van der Waals surface area contributed by atoms with Crippen molar-refractivity contribution in [3.8, 4) is 5.69 Å². The Morgan fingerprint density at radius 1 is 1.21 bits per heavy atom. The number of fused-ring (bicyclic) bond motifs is 1. The molecule has 1 spiro atoms. The molecule has 1 aromatic heterocycles. The summed E-state index contributed by atoms with van der Waals surface area (Å²) in [5.41, 5.74) is 5.03. The molecule has 0 radical (unpaired) electrons. The van der Waals surface area contributed by atoms with E-state index < -0.39 is 0 Å². The van der Waals surface area contributed by atoms with Crippen LogP contribution in [-0.4, -0.2) is 65.0 Å². The van der Waals surface area contributed by atoms with E-state index in [1.165, 1.54) is 24.1 Å². The van der Waals surface area contributed by atoms with E-state index in [0.717, 1.165) is 37.6 Å². The number of aryl methyl sites for hydroxylation is 1. The fourth-order valence-electron chi connectivity index (χ4n) is 6.02. The van der Waals surface area contributed by atoms with Gasteiger partial charge in [-0.1, -0.05) is 18.2 Å². The second-order valence-electron chi connectivity index (χ2n) is 9.36. The zero-order valence-corrected chi connectivity index (χ0v) is 17.6. The van der Waals surface area contributed by atoms with Crippen LogP contribution in [0.4, 0.5) is 0 Å². The molecule has 0 amide bonds. The third-order valence-electron chi connectivity index (χ3n) is 7.25. The number of ether oxygens (including phenoxy) is 1. The molecule has 0 N–H and O–H groups in total. The summed E-state index contributed by atoms with van der Waals surface area (Å²) in [6.45, 7) is 8.71. The van der Waals surface area contributed by atoms with Crippen molar-refractivity contribution in [3.63, 3.8) is 0 Å². The zero-order chi connectivity index (χ0) is 19.5. The highest BCUT2D eigenvalue weighted by Crippen LogP contribution is 2.55. The lowest BCUT2D eigenvalue weighted by atomic mass is 9.73. The first-order valence-corrected chi connectivity index (χ1v) is 10.6. The molecular formula is C23H32N4O. The van der Waals surface area contributed by atoms with Crippen LogP contribution in [0.3, 0.4) is 0 Å². The Labute approximate surface area is 168 Å². The highest BCUT2D eigenvalue weighted by atomic mass is 16.5. The van der Waals surface area contributed by atoms with Gasteiger partial charge in [0.2, 0.25) is 0 Å². The topological polar surface area (TPSA) is 33.5 Å². The van der Waals surface area contributed by atoms with E-state index in [2.05, 4.69) is 72.8 Å². The van der Waals surface area contributed by atoms with E-state index in [1.54, 1.807) is 0 Å². The van der Waals surface area contributed by atoms with Crippen molar-refractivity contribution in [2.24, 2.45) is 11.8 Å². The highest BCUT2D eigenvalue weighted by molar-refractivity contribution is 5.37. The molecule has 3 fully saturated rings. The molecule has 4 heterocycles. The predicted octanol–water partition coefficient (Wildman–Crippen LogP) is 3.03. The molecule has 2 aromatic rings. The number of para-hydroxylation sites is 1. The molecule has 28 heavy (non-hydrogen) atoms. The van der Waals surface area contributed by atoms with Crippen molar-refractivity contribution >= 4 is 0 Å². The highest BCUT2D eigenvalue weighted by Gasteiger charge is 2.62. The maximum atomic E-state index is 6.61. The van der Waals surface area contributed by atoms with E-state index >= 15 is 0 Å². The first-order chi connectivity index (χ1) is 13.5. The zero-order valence-electron chi connectivity index (χ0n) is 17.6. The minimum Gasteiger partial charge on any atom is -0.370 e. The SMILES string of the molecule is Cc1nn(-c2ccccc2)c(C)c1CN1C[C@@H]2[C@H](CN(C)C)[C@H]3CC[C@]2(C1)O3. The molecule has 2 bridgehead atoms. The number of benzene rings is 1. The summed E-state index contributed by atoms with van der Waals surface area (Å²) >= 11 is 0. The predicted molar refractivity (Wildman–Crippen MR) is 111 cm³/mol. The maximum absolute atomic E-state index is 6.61. The summed E-state index contributed by atoms with van der Waals surface area (Å²) in [6, 6.07) is 10.5. The molecule has 1 aromatic carbocycles. The molecule has 5 heteroatoms. The van der Waals surface area contributed by atoms with Gasteiger partial charge in [-0.3, -0.25) is 4.90 Å². The van der Waals surface area contributed by atoms with Crippen LogP contribution in [0.25, 0.3) is 5.69 Å². The van der Waals surface area contributed by atoms with E-state index in [0.29, 0.717) is 17.9 Å². The molecule has 0 saturated carbocycles. The van der Waals surface area contributed by atoms with Crippen LogP contribution in [0.5, 0.6) is 0 Å². The average Bonchev–Trinajstić information content (AvgIpc) is 3.38. The normalized spacial score (nSPS) is 31.8. The Kier molecular flexibility index (Phi) is 4.38. The number of likely N-dealkylation sites (tertiary alicyclic amines) is 1. The average molecular weight is 381 g/mol. The van der Waals surface area contributed by atoms with Gasteiger partial charge < -0.3 is 9.64 Å². The van der Waals surface area contributed by atoms with E-state index in [4.69, 9.17) is 9.84 Å². The second kappa shape index (κ2) is 6.68. The Hall–Kier alpha value is -1.69. The summed E-state index contributed by atoms with van der Waals surface area (Å²) in [6.07, 6.45) is 2.97. The molecule has 0 aliphatic carbocycles. The van der Waals surface area contributed by atoms with Gasteiger partial charge in [-0.05, 0) is 52.9 Å². The van der Waals surface area contributed by atoms with Gasteiger partial charge in [0.15, 0.2) is 0 Å². The van der Waals surface area contributed by atoms with Gasteiger partial charge in [-0.2, -0.15) is 5.10 Å². The minimum absolute atomic E-state index is 0.114. The van der Waals surface area contributed by atoms with E-state index in [-0.39, 0.29) is 5.60 Å². The fraction of sp³-hybridized carbons (Fsp3) is 0.609. The summed E-state index contributed by atoms with van der Waals surface area (Å²) in [5.74, 6) is 1.36. The first kappa shape index (κ1) is 18.3. The van der Waals surface area contributed by atoms with Crippen LogP contribution in [-0.2, 0) is 11.3 Å². The number of hydrogen-bond acceptors (Lipinski definition) is 4. The molecule has 3 saturated heterocycles. The smallest absolute Gasteiger partial charge is 0.0858 e. The van der Waals surface area contributed by atoms with Gasteiger partial charge in [-0.25, -0.2) is 4.68 Å². The van der Waals surface area contributed by atoms with Crippen LogP contribution in [0, 0.1) is 25.7 Å². The number of aromatic nitrogens is 2. The standard InChI is InChI=1S/C23H32N4O/c1-16-19(17(2)27(24-16)18-8-6-5-7-9-18)13-26-14-21-20(12-25(3)4)22-10-11-23(21,15-26)28-22/h5-9,20-22H,10-15H2,1-4H3/t20-,21+,22+,23+/m0/s1. The molecule has 3 aliphatic rings. The second-order valence-corrected chi connectivity index (χ2v) is 9.36. The van der Waals surface area contributed by atoms with Crippen molar-refractivity contribution in [1.29, 1.82) is 0 Å². The van der Waals surface area contributed by atoms with Gasteiger partial charge in [-0.15, -0.1) is 0 Å².